The number of aromatic nitrogens is 2. The molecule has 1 aromatic rings. The van der Waals surface area contributed by atoms with Gasteiger partial charge in [-0.05, 0) is 32.1 Å². The van der Waals surface area contributed by atoms with E-state index >= 15 is 0 Å². The fraction of sp³-hybridized carbons (Fsp3) is 0.800. The van der Waals surface area contributed by atoms with Gasteiger partial charge in [0.15, 0.2) is 5.82 Å². The van der Waals surface area contributed by atoms with Crippen LogP contribution in [-0.2, 0) is 16.1 Å². The van der Waals surface area contributed by atoms with Crippen LogP contribution in [-0.4, -0.2) is 40.1 Å². The van der Waals surface area contributed by atoms with E-state index < -0.39 is 0 Å². The van der Waals surface area contributed by atoms with Crippen LogP contribution < -0.4 is 0 Å². The summed E-state index contributed by atoms with van der Waals surface area (Å²) in [5.41, 5.74) is 0. The van der Waals surface area contributed by atoms with Crippen LogP contribution in [0.5, 0.6) is 0 Å². The summed E-state index contributed by atoms with van der Waals surface area (Å²) < 4.78 is 10.8. The fourth-order valence-electron chi connectivity index (χ4n) is 2.46. The van der Waals surface area contributed by atoms with E-state index in [1.54, 1.807) is 6.92 Å². The van der Waals surface area contributed by atoms with E-state index in [0.29, 0.717) is 37.2 Å². The first-order valence-electron chi connectivity index (χ1n) is 7.73. The maximum atomic E-state index is 12.2. The molecule has 6 heteroatoms. The summed E-state index contributed by atoms with van der Waals surface area (Å²) in [5.74, 6) is 1.91. The van der Waals surface area contributed by atoms with Gasteiger partial charge in [0.1, 0.15) is 6.61 Å². The molecule has 0 N–H and O–H groups in total. The van der Waals surface area contributed by atoms with E-state index in [1.165, 1.54) is 0 Å². The number of aryl methyl sites for hydroxylation is 1. The average Bonchev–Trinajstić information content (AvgIpc) is 2.88. The fourth-order valence-corrected chi connectivity index (χ4v) is 2.46. The summed E-state index contributed by atoms with van der Waals surface area (Å²) in [4.78, 5) is 18.2. The number of hydrogen-bond acceptors (Lipinski definition) is 5. The minimum atomic E-state index is 0.0638. The molecule has 1 atom stereocenters. The summed E-state index contributed by atoms with van der Waals surface area (Å²) in [6.45, 7) is 7.90. The van der Waals surface area contributed by atoms with Crippen molar-refractivity contribution in [1.82, 2.24) is 15.0 Å². The molecule has 1 aromatic heterocycles. The molecule has 2 heterocycles. The van der Waals surface area contributed by atoms with Gasteiger partial charge >= 0.3 is 0 Å². The lowest BCUT2D eigenvalue weighted by atomic mass is 10.0. The van der Waals surface area contributed by atoms with Gasteiger partial charge in [-0.3, -0.25) is 4.79 Å². The van der Waals surface area contributed by atoms with E-state index in [0.717, 1.165) is 25.8 Å². The third-order valence-electron chi connectivity index (χ3n) is 3.68. The summed E-state index contributed by atoms with van der Waals surface area (Å²) in [6, 6.07) is 0. The van der Waals surface area contributed by atoms with Crippen LogP contribution in [0.2, 0.25) is 0 Å². The van der Waals surface area contributed by atoms with Gasteiger partial charge in [-0.1, -0.05) is 19.0 Å². The van der Waals surface area contributed by atoms with Crippen LogP contribution in [0.3, 0.4) is 0 Å². The standard InChI is InChI=1S/C15H25N3O3/c1-11(2)6-7-15(19)18-8-4-5-13(9-18)20-10-14-16-12(3)17-21-14/h11,13H,4-10H2,1-3H3. The molecular formula is C15H25N3O3. The first kappa shape index (κ1) is 15.9. The monoisotopic (exact) mass is 295 g/mol. The minimum Gasteiger partial charge on any atom is -0.367 e. The van der Waals surface area contributed by atoms with E-state index in [-0.39, 0.29) is 12.0 Å². The van der Waals surface area contributed by atoms with Gasteiger partial charge in [0.05, 0.1) is 6.10 Å². The van der Waals surface area contributed by atoms with Crippen molar-refractivity contribution in [3.8, 4) is 0 Å². The third kappa shape index (κ3) is 5.12. The lowest BCUT2D eigenvalue weighted by Gasteiger charge is -2.32. The van der Waals surface area contributed by atoms with Gasteiger partial charge < -0.3 is 14.2 Å². The van der Waals surface area contributed by atoms with Crippen molar-refractivity contribution in [3.05, 3.63) is 11.7 Å². The molecule has 1 aliphatic rings. The first-order valence-corrected chi connectivity index (χ1v) is 7.73. The number of rotatable bonds is 6. The summed E-state index contributed by atoms with van der Waals surface area (Å²) in [7, 11) is 0. The van der Waals surface area contributed by atoms with Crippen LogP contribution in [0.4, 0.5) is 0 Å². The number of carbonyl (C=O) groups is 1. The molecule has 1 amide bonds. The second kappa shape index (κ2) is 7.54. The third-order valence-corrected chi connectivity index (χ3v) is 3.68. The van der Waals surface area contributed by atoms with E-state index in [4.69, 9.17) is 9.26 Å². The number of nitrogens with zero attached hydrogens (tertiary/aromatic N) is 3. The number of likely N-dealkylation sites (tertiary alicyclic amines) is 1. The maximum Gasteiger partial charge on any atom is 0.252 e. The molecule has 21 heavy (non-hydrogen) atoms. The molecule has 0 aliphatic carbocycles. The summed E-state index contributed by atoms with van der Waals surface area (Å²) >= 11 is 0. The summed E-state index contributed by atoms with van der Waals surface area (Å²) in [5, 5.41) is 3.73. The van der Waals surface area contributed by atoms with Crippen LogP contribution in [0.1, 0.15) is 51.2 Å². The van der Waals surface area contributed by atoms with Crippen LogP contribution in [0.25, 0.3) is 0 Å². The molecule has 0 bridgehead atoms. The molecule has 1 aliphatic heterocycles. The molecule has 0 spiro atoms. The Labute approximate surface area is 125 Å². The van der Waals surface area contributed by atoms with Crippen molar-refractivity contribution in [2.75, 3.05) is 13.1 Å². The smallest absolute Gasteiger partial charge is 0.252 e. The Kier molecular flexibility index (Phi) is 5.73. The van der Waals surface area contributed by atoms with Gasteiger partial charge in [-0.25, -0.2) is 0 Å². The Morgan fingerprint density at radius 1 is 1.52 bits per heavy atom. The Morgan fingerprint density at radius 3 is 3.00 bits per heavy atom. The molecule has 1 saturated heterocycles. The number of amides is 1. The highest BCUT2D eigenvalue weighted by Gasteiger charge is 2.24. The highest BCUT2D eigenvalue weighted by molar-refractivity contribution is 5.76. The summed E-state index contributed by atoms with van der Waals surface area (Å²) in [6.07, 6.45) is 3.60. The molecule has 0 saturated carbocycles. The quantitative estimate of drug-likeness (QED) is 0.805. The largest absolute Gasteiger partial charge is 0.367 e. The van der Waals surface area contributed by atoms with Crippen molar-refractivity contribution in [1.29, 1.82) is 0 Å². The lowest BCUT2D eigenvalue weighted by Crippen LogP contribution is -2.43. The Bertz CT molecular complexity index is 459. The zero-order valence-corrected chi connectivity index (χ0v) is 13.2. The molecular weight excluding hydrogens is 270 g/mol. The SMILES string of the molecule is Cc1noc(COC2CCCN(C(=O)CCC(C)C)C2)n1. The number of hydrogen-bond donors (Lipinski definition) is 0. The van der Waals surface area contributed by atoms with Crippen molar-refractivity contribution in [2.45, 2.75) is 59.2 Å². The van der Waals surface area contributed by atoms with E-state index in [2.05, 4.69) is 24.0 Å². The minimum absolute atomic E-state index is 0.0638. The second-order valence-electron chi connectivity index (χ2n) is 6.08. The Morgan fingerprint density at radius 2 is 2.33 bits per heavy atom. The molecule has 0 aromatic carbocycles. The highest BCUT2D eigenvalue weighted by Crippen LogP contribution is 2.17. The van der Waals surface area contributed by atoms with Crippen molar-refractivity contribution >= 4 is 5.91 Å². The molecule has 1 fully saturated rings. The van der Waals surface area contributed by atoms with Crippen LogP contribution >= 0.6 is 0 Å². The first-order chi connectivity index (χ1) is 10.0. The molecule has 0 radical (unpaired) electrons. The van der Waals surface area contributed by atoms with Gasteiger partial charge in [-0.15, -0.1) is 0 Å². The predicted octanol–water partition coefficient (Wildman–Crippen LogP) is 2.32. The Hall–Kier alpha value is -1.43. The molecule has 2 rings (SSSR count). The average molecular weight is 295 g/mol. The number of piperidine rings is 1. The second-order valence-corrected chi connectivity index (χ2v) is 6.08. The van der Waals surface area contributed by atoms with Crippen LogP contribution in [0, 0.1) is 12.8 Å². The zero-order chi connectivity index (χ0) is 15.2. The molecule has 6 nitrogen and oxygen atoms in total. The van der Waals surface area contributed by atoms with E-state index in [9.17, 15) is 4.79 Å². The highest BCUT2D eigenvalue weighted by atomic mass is 16.5. The predicted molar refractivity (Wildman–Crippen MR) is 77.5 cm³/mol. The van der Waals surface area contributed by atoms with Gasteiger partial charge in [0, 0.05) is 19.5 Å². The topological polar surface area (TPSA) is 68.5 Å². The number of carbonyl (C=O) groups excluding carboxylic acids is 1. The van der Waals surface area contributed by atoms with Crippen molar-refractivity contribution in [2.24, 2.45) is 5.92 Å². The lowest BCUT2D eigenvalue weighted by molar-refractivity contribution is -0.136. The van der Waals surface area contributed by atoms with Crippen LogP contribution in [0.15, 0.2) is 4.52 Å². The maximum absolute atomic E-state index is 12.2. The normalized spacial score (nSPS) is 19.2. The van der Waals surface area contributed by atoms with Gasteiger partial charge in [0.25, 0.3) is 5.89 Å². The van der Waals surface area contributed by atoms with Crippen molar-refractivity contribution in [3.63, 3.8) is 0 Å². The molecule has 1 unspecified atom stereocenters. The van der Waals surface area contributed by atoms with E-state index in [1.807, 2.05) is 4.90 Å². The van der Waals surface area contributed by atoms with Gasteiger partial charge in [0.2, 0.25) is 5.91 Å². The number of ether oxygens (including phenoxy) is 1. The molecule has 118 valence electrons. The van der Waals surface area contributed by atoms with Gasteiger partial charge in [-0.2, -0.15) is 4.98 Å². The van der Waals surface area contributed by atoms with Crippen molar-refractivity contribution < 1.29 is 14.1 Å². The Balaban J connectivity index is 1.76. The zero-order valence-electron chi connectivity index (χ0n) is 13.2.